The molecule has 1 unspecified atom stereocenters. The minimum Gasteiger partial charge on any atom is -0.481 e. The lowest BCUT2D eigenvalue weighted by Crippen LogP contribution is -2.12. The van der Waals surface area contributed by atoms with Gasteiger partial charge in [0, 0.05) is 0 Å². The van der Waals surface area contributed by atoms with Crippen LogP contribution in [0.15, 0.2) is 12.2 Å². The average Bonchev–Trinajstić information content (AvgIpc) is 2.14. The van der Waals surface area contributed by atoms with Gasteiger partial charge in [-0.1, -0.05) is 31.4 Å². The molecule has 1 N–H and O–H groups in total. The molecule has 0 aliphatic heterocycles. The molecule has 1 rings (SSSR count). The molecule has 0 aromatic heterocycles. The number of aliphatic carboxylic acids is 1. The van der Waals surface area contributed by atoms with E-state index < -0.39 is 5.97 Å². The van der Waals surface area contributed by atoms with Crippen LogP contribution in [-0.4, -0.2) is 11.1 Å². The zero-order valence-electron chi connectivity index (χ0n) is 8.04. The summed E-state index contributed by atoms with van der Waals surface area (Å²) >= 11 is 0. The van der Waals surface area contributed by atoms with Gasteiger partial charge in [0.15, 0.2) is 0 Å². The molecule has 1 aliphatic rings. The van der Waals surface area contributed by atoms with Crippen molar-refractivity contribution in [1.82, 2.24) is 0 Å². The molecule has 0 bridgehead atoms. The van der Waals surface area contributed by atoms with Gasteiger partial charge in [-0.3, -0.25) is 4.79 Å². The zero-order chi connectivity index (χ0) is 9.52. The molecule has 1 atom stereocenters. The zero-order valence-corrected chi connectivity index (χ0v) is 8.04. The van der Waals surface area contributed by atoms with Crippen molar-refractivity contribution in [2.24, 2.45) is 5.92 Å². The van der Waals surface area contributed by atoms with Gasteiger partial charge in [0.1, 0.15) is 0 Å². The van der Waals surface area contributed by atoms with Crippen LogP contribution in [0.2, 0.25) is 0 Å². The highest BCUT2D eigenvalue weighted by Gasteiger charge is 2.15. The molecule has 0 aromatic carbocycles. The summed E-state index contributed by atoms with van der Waals surface area (Å²) in [5.74, 6) is -0.778. The first-order valence-corrected chi connectivity index (χ1v) is 5.18. The Kier molecular flexibility index (Phi) is 4.58. The number of hydrogen-bond donors (Lipinski definition) is 1. The summed E-state index contributed by atoms with van der Waals surface area (Å²) < 4.78 is 0. The minimum atomic E-state index is -0.634. The van der Waals surface area contributed by atoms with E-state index in [0.29, 0.717) is 0 Å². The Balaban J connectivity index is 2.42. The average molecular weight is 182 g/mol. The van der Waals surface area contributed by atoms with Crippen LogP contribution in [0.4, 0.5) is 0 Å². The Hall–Kier alpha value is -0.790. The summed E-state index contributed by atoms with van der Waals surface area (Å²) in [5.41, 5.74) is 0. The van der Waals surface area contributed by atoms with Gasteiger partial charge in [-0.2, -0.15) is 0 Å². The van der Waals surface area contributed by atoms with Crippen LogP contribution >= 0.6 is 0 Å². The third kappa shape index (κ3) is 4.11. The van der Waals surface area contributed by atoms with Crippen molar-refractivity contribution in [3.05, 3.63) is 12.2 Å². The maximum absolute atomic E-state index is 10.8. The lowest BCUT2D eigenvalue weighted by Gasteiger charge is -2.10. The van der Waals surface area contributed by atoms with E-state index in [1.165, 1.54) is 19.3 Å². The maximum atomic E-state index is 10.8. The standard InChI is InChI=1S/C11H18O2/c12-11(13)10-8-6-4-2-1-3-5-7-9-10/h4,6,10H,1-3,5,7-9H2,(H,12,13)/b6-4+. The second-order valence-electron chi connectivity index (χ2n) is 3.73. The predicted octanol–water partition coefficient (Wildman–Crippen LogP) is 2.99. The van der Waals surface area contributed by atoms with Crippen LogP contribution in [0.25, 0.3) is 0 Å². The third-order valence-corrected chi connectivity index (χ3v) is 2.61. The first-order valence-electron chi connectivity index (χ1n) is 5.18. The number of hydrogen-bond acceptors (Lipinski definition) is 1. The van der Waals surface area contributed by atoms with Crippen molar-refractivity contribution in [3.8, 4) is 0 Å². The largest absolute Gasteiger partial charge is 0.481 e. The molecular formula is C11H18O2. The Morgan fingerprint density at radius 2 is 1.92 bits per heavy atom. The lowest BCUT2D eigenvalue weighted by molar-refractivity contribution is -0.141. The fourth-order valence-corrected chi connectivity index (χ4v) is 1.73. The highest BCUT2D eigenvalue weighted by Crippen LogP contribution is 2.17. The number of allylic oxidation sites excluding steroid dienone is 2. The maximum Gasteiger partial charge on any atom is 0.306 e. The molecule has 2 nitrogen and oxygen atoms in total. The number of carbonyl (C=O) groups is 1. The number of carboxylic acid groups (broad SMARTS) is 1. The van der Waals surface area contributed by atoms with Crippen LogP contribution in [-0.2, 0) is 4.79 Å². The van der Waals surface area contributed by atoms with E-state index in [9.17, 15) is 4.79 Å². The third-order valence-electron chi connectivity index (χ3n) is 2.61. The van der Waals surface area contributed by atoms with E-state index in [4.69, 9.17) is 5.11 Å². The SMILES string of the molecule is O=C(O)C1C/C=C/CCCCCC1. The molecule has 0 amide bonds. The number of carboxylic acids is 1. The molecule has 0 heterocycles. The van der Waals surface area contributed by atoms with Crippen LogP contribution < -0.4 is 0 Å². The van der Waals surface area contributed by atoms with Gasteiger partial charge in [-0.25, -0.2) is 0 Å². The van der Waals surface area contributed by atoms with E-state index in [2.05, 4.69) is 6.08 Å². The summed E-state index contributed by atoms with van der Waals surface area (Å²) in [5, 5.41) is 8.88. The molecule has 0 saturated heterocycles. The summed E-state index contributed by atoms with van der Waals surface area (Å²) in [6.45, 7) is 0. The first-order chi connectivity index (χ1) is 6.30. The molecule has 0 aromatic rings. The van der Waals surface area contributed by atoms with E-state index >= 15 is 0 Å². The molecule has 0 radical (unpaired) electrons. The molecule has 0 fully saturated rings. The molecule has 0 saturated carbocycles. The van der Waals surface area contributed by atoms with Gasteiger partial charge >= 0.3 is 5.97 Å². The second kappa shape index (κ2) is 5.79. The number of rotatable bonds is 1. The van der Waals surface area contributed by atoms with Crippen LogP contribution in [0, 0.1) is 5.92 Å². The quantitative estimate of drug-likeness (QED) is 0.633. The Morgan fingerprint density at radius 1 is 1.15 bits per heavy atom. The van der Waals surface area contributed by atoms with Crippen molar-refractivity contribution in [3.63, 3.8) is 0 Å². The van der Waals surface area contributed by atoms with Gasteiger partial charge in [0.05, 0.1) is 5.92 Å². The van der Waals surface area contributed by atoms with Crippen molar-refractivity contribution in [2.45, 2.75) is 44.9 Å². The monoisotopic (exact) mass is 182 g/mol. The summed E-state index contributed by atoms with van der Waals surface area (Å²) in [6, 6.07) is 0. The molecular weight excluding hydrogens is 164 g/mol. The van der Waals surface area contributed by atoms with E-state index in [-0.39, 0.29) is 5.92 Å². The fourth-order valence-electron chi connectivity index (χ4n) is 1.73. The smallest absolute Gasteiger partial charge is 0.306 e. The molecule has 0 spiro atoms. The van der Waals surface area contributed by atoms with Crippen molar-refractivity contribution in [1.29, 1.82) is 0 Å². The van der Waals surface area contributed by atoms with Gasteiger partial charge < -0.3 is 5.11 Å². The van der Waals surface area contributed by atoms with E-state index in [1.54, 1.807) is 0 Å². The Labute approximate surface area is 79.6 Å². The lowest BCUT2D eigenvalue weighted by atomic mass is 9.95. The topological polar surface area (TPSA) is 37.3 Å². The minimum absolute atomic E-state index is 0.144. The Bertz CT molecular complexity index is 185. The predicted molar refractivity (Wildman–Crippen MR) is 52.6 cm³/mol. The molecule has 2 heteroatoms. The van der Waals surface area contributed by atoms with Crippen LogP contribution in [0.1, 0.15) is 44.9 Å². The van der Waals surface area contributed by atoms with Crippen molar-refractivity contribution < 1.29 is 9.90 Å². The van der Waals surface area contributed by atoms with E-state index in [0.717, 1.165) is 25.7 Å². The molecule has 1 aliphatic carbocycles. The normalized spacial score (nSPS) is 27.8. The summed E-state index contributed by atoms with van der Waals surface area (Å²) in [6.07, 6.45) is 11.6. The van der Waals surface area contributed by atoms with Crippen molar-refractivity contribution >= 4 is 5.97 Å². The Morgan fingerprint density at radius 3 is 2.69 bits per heavy atom. The van der Waals surface area contributed by atoms with Crippen molar-refractivity contribution in [2.75, 3.05) is 0 Å². The highest BCUT2D eigenvalue weighted by atomic mass is 16.4. The van der Waals surface area contributed by atoms with Gasteiger partial charge in [0.25, 0.3) is 0 Å². The van der Waals surface area contributed by atoms with Crippen LogP contribution in [0.3, 0.4) is 0 Å². The summed E-state index contributed by atoms with van der Waals surface area (Å²) in [4.78, 5) is 10.8. The van der Waals surface area contributed by atoms with Gasteiger partial charge in [0.2, 0.25) is 0 Å². The van der Waals surface area contributed by atoms with E-state index in [1.807, 2.05) is 6.08 Å². The molecule has 74 valence electrons. The van der Waals surface area contributed by atoms with Crippen LogP contribution in [0.5, 0.6) is 0 Å². The van der Waals surface area contributed by atoms with Gasteiger partial charge in [-0.15, -0.1) is 0 Å². The second-order valence-corrected chi connectivity index (χ2v) is 3.73. The summed E-state index contributed by atoms with van der Waals surface area (Å²) in [7, 11) is 0. The van der Waals surface area contributed by atoms with Gasteiger partial charge in [-0.05, 0) is 25.7 Å². The first kappa shape index (κ1) is 10.3. The highest BCUT2D eigenvalue weighted by molar-refractivity contribution is 5.70. The molecule has 13 heavy (non-hydrogen) atoms. The fraction of sp³-hybridized carbons (Fsp3) is 0.727.